The lowest BCUT2D eigenvalue weighted by Gasteiger charge is -1.99. The normalized spacial score (nSPS) is 29.1. The summed E-state index contributed by atoms with van der Waals surface area (Å²) < 4.78 is 0. The van der Waals surface area contributed by atoms with E-state index in [1.807, 2.05) is 12.4 Å². The van der Waals surface area contributed by atoms with Crippen molar-refractivity contribution in [1.29, 1.82) is 0 Å². The first-order chi connectivity index (χ1) is 6.57. The first-order valence-electron chi connectivity index (χ1n) is 4.96. The quantitative estimate of drug-likeness (QED) is 0.838. The zero-order chi connectivity index (χ0) is 10.3. The van der Waals surface area contributed by atoms with Gasteiger partial charge in [-0.05, 0) is 31.0 Å². The lowest BCUT2D eigenvalue weighted by Crippen LogP contribution is -2.12. The minimum Gasteiger partial charge on any atom is -0.319 e. The van der Waals surface area contributed by atoms with Crippen LogP contribution in [0, 0.1) is 11.3 Å². The second-order valence-electron chi connectivity index (χ2n) is 4.63. The van der Waals surface area contributed by atoms with Crippen LogP contribution in [0.3, 0.4) is 0 Å². The molecular weight excluding hydrogens is 214 g/mol. The number of halogens is 1. The minimum absolute atomic E-state index is 0.442. The predicted octanol–water partition coefficient (Wildman–Crippen LogP) is 3.36. The van der Waals surface area contributed by atoms with E-state index in [1.54, 1.807) is 11.3 Å². The third-order valence-electron chi connectivity index (χ3n) is 3.37. The molecular formula is C11H16ClNS. The van der Waals surface area contributed by atoms with Crippen LogP contribution in [0.2, 0.25) is 5.02 Å². The van der Waals surface area contributed by atoms with E-state index in [0.29, 0.717) is 11.3 Å². The van der Waals surface area contributed by atoms with Crippen molar-refractivity contribution in [3.8, 4) is 0 Å². The molecule has 2 unspecified atom stereocenters. The van der Waals surface area contributed by atoms with Crippen molar-refractivity contribution < 1.29 is 0 Å². The van der Waals surface area contributed by atoms with Crippen LogP contribution >= 0.6 is 22.9 Å². The molecule has 3 heteroatoms. The third-order valence-corrected chi connectivity index (χ3v) is 4.73. The average molecular weight is 230 g/mol. The third kappa shape index (κ3) is 1.60. The smallest absolute Gasteiger partial charge is 0.0515 e. The predicted molar refractivity (Wildman–Crippen MR) is 63.3 cm³/mol. The Kier molecular flexibility index (Phi) is 2.63. The van der Waals surface area contributed by atoms with Crippen LogP contribution in [0.4, 0.5) is 0 Å². The number of thiophene rings is 1. The second kappa shape index (κ2) is 3.51. The molecule has 1 heterocycles. The van der Waals surface area contributed by atoms with Crippen molar-refractivity contribution >= 4 is 22.9 Å². The topological polar surface area (TPSA) is 12.0 Å². The summed E-state index contributed by atoms with van der Waals surface area (Å²) in [5.41, 5.74) is 0.442. The van der Waals surface area contributed by atoms with Crippen LogP contribution in [0.1, 0.15) is 24.6 Å². The number of rotatable bonds is 3. The van der Waals surface area contributed by atoms with Crippen molar-refractivity contribution in [1.82, 2.24) is 5.32 Å². The fourth-order valence-corrected chi connectivity index (χ4v) is 3.84. The molecule has 1 saturated carbocycles. The van der Waals surface area contributed by atoms with E-state index in [0.717, 1.165) is 17.5 Å². The summed E-state index contributed by atoms with van der Waals surface area (Å²) in [6, 6.07) is 2.12. The molecule has 0 saturated heterocycles. The van der Waals surface area contributed by atoms with Gasteiger partial charge in [-0.15, -0.1) is 11.3 Å². The van der Waals surface area contributed by atoms with E-state index < -0.39 is 0 Å². The van der Waals surface area contributed by atoms with Crippen LogP contribution in [-0.2, 0) is 0 Å². The molecule has 78 valence electrons. The largest absolute Gasteiger partial charge is 0.319 e. The molecule has 1 N–H and O–H groups in total. The van der Waals surface area contributed by atoms with Crippen LogP contribution < -0.4 is 5.32 Å². The Morgan fingerprint density at radius 3 is 2.79 bits per heavy atom. The molecule has 2 rings (SSSR count). The first-order valence-corrected chi connectivity index (χ1v) is 6.21. The van der Waals surface area contributed by atoms with Gasteiger partial charge in [-0.3, -0.25) is 0 Å². The van der Waals surface area contributed by atoms with Gasteiger partial charge in [0.25, 0.3) is 0 Å². The van der Waals surface area contributed by atoms with Gasteiger partial charge < -0.3 is 5.32 Å². The molecule has 1 aromatic rings. The Balaban J connectivity index is 2.14. The van der Waals surface area contributed by atoms with Crippen molar-refractivity contribution in [3.05, 3.63) is 21.3 Å². The van der Waals surface area contributed by atoms with Gasteiger partial charge in [0.1, 0.15) is 0 Å². The fourth-order valence-electron chi connectivity index (χ4n) is 2.40. The van der Waals surface area contributed by atoms with E-state index in [4.69, 9.17) is 11.6 Å². The van der Waals surface area contributed by atoms with Gasteiger partial charge in [0.2, 0.25) is 0 Å². The first kappa shape index (κ1) is 10.5. The lowest BCUT2D eigenvalue weighted by molar-refractivity contribution is 0.537. The summed E-state index contributed by atoms with van der Waals surface area (Å²) in [6.45, 7) is 5.79. The maximum absolute atomic E-state index is 5.94. The summed E-state index contributed by atoms with van der Waals surface area (Å²) in [5.74, 6) is 1.47. The van der Waals surface area contributed by atoms with Crippen LogP contribution in [-0.4, -0.2) is 13.6 Å². The highest BCUT2D eigenvalue weighted by Crippen LogP contribution is 2.65. The Morgan fingerprint density at radius 2 is 2.29 bits per heavy atom. The molecule has 1 aliphatic rings. The Morgan fingerprint density at radius 1 is 1.57 bits per heavy atom. The molecule has 1 aliphatic carbocycles. The molecule has 0 amide bonds. The van der Waals surface area contributed by atoms with Gasteiger partial charge in [0.05, 0.1) is 5.02 Å². The van der Waals surface area contributed by atoms with Gasteiger partial charge in [-0.1, -0.05) is 25.4 Å². The van der Waals surface area contributed by atoms with Crippen molar-refractivity contribution in [3.63, 3.8) is 0 Å². The summed E-state index contributed by atoms with van der Waals surface area (Å²) in [4.78, 5) is 1.44. The monoisotopic (exact) mass is 229 g/mol. The molecule has 0 radical (unpaired) electrons. The summed E-state index contributed by atoms with van der Waals surface area (Å²) in [5, 5.41) is 6.18. The lowest BCUT2D eigenvalue weighted by atomic mass is 10.1. The van der Waals surface area contributed by atoms with E-state index in [-0.39, 0.29) is 0 Å². The fraction of sp³-hybridized carbons (Fsp3) is 0.636. The van der Waals surface area contributed by atoms with Crippen molar-refractivity contribution in [2.45, 2.75) is 19.8 Å². The zero-order valence-electron chi connectivity index (χ0n) is 8.80. The Bertz CT molecular complexity index is 332. The Labute approximate surface area is 94.5 Å². The van der Waals surface area contributed by atoms with Gasteiger partial charge in [-0.2, -0.15) is 0 Å². The number of hydrogen-bond donors (Lipinski definition) is 1. The molecule has 14 heavy (non-hydrogen) atoms. The van der Waals surface area contributed by atoms with Crippen LogP contribution in [0.5, 0.6) is 0 Å². The highest BCUT2D eigenvalue weighted by atomic mass is 35.5. The zero-order valence-corrected chi connectivity index (χ0v) is 10.4. The molecule has 1 nitrogen and oxygen atoms in total. The summed E-state index contributed by atoms with van der Waals surface area (Å²) in [7, 11) is 2.02. The SMILES string of the molecule is CNCC1C(c2cc(Cl)cs2)C1(C)C. The average Bonchev–Trinajstić information content (AvgIpc) is 2.46. The van der Waals surface area contributed by atoms with E-state index in [9.17, 15) is 0 Å². The minimum atomic E-state index is 0.442. The van der Waals surface area contributed by atoms with Crippen molar-refractivity contribution in [2.24, 2.45) is 11.3 Å². The molecule has 0 bridgehead atoms. The maximum atomic E-state index is 5.94. The summed E-state index contributed by atoms with van der Waals surface area (Å²) >= 11 is 7.74. The molecule has 1 fully saturated rings. The van der Waals surface area contributed by atoms with Gasteiger partial charge in [0, 0.05) is 16.2 Å². The standard InChI is InChI=1S/C11H16ClNS/c1-11(2)8(5-13-3)10(11)9-4-7(12)6-14-9/h4,6,8,10,13H,5H2,1-3H3. The van der Waals surface area contributed by atoms with Gasteiger partial charge in [0.15, 0.2) is 0 Å². The number of hydrogen-bond acceptors (Lipinski definition) is 2. The Hall–Kier alpha value is -0.0500. The highest BCUT2D eigenvalue weighted by Gasteiger charge is 2.58. The molecule has 1 aromatic heterocycles. The van der Waals surface area contributed by atoms with Gasteiger partial charge >= 0.3 is 0 Å². The molecule has 2 atom stereocenters. The van der Waals surface area contributed by atoms with E-state index >= 15 is 0 Å². The molecule has 0 aromatic carbocycles. The van der Waals surface area contributed by atoms with Crippen LogP contribution in [0.15, 0.2) is 11.4 Å². The molecule has 0 aliphatic heterocycles. The van der Waals surface area contributed by atoms with Crippen LogP contribution in [0.25, 0.3) is 0 Å². The maximum Gasteiger partial charge on any atom is 0.0515 e. The highest BCUT2D eigenvalue weighted by molar-refractivity contribution is 7.10. The van der Waals surface area contributed by atoms with Gasteiger partial charge in [-0.25, -0.2) is 0 Å². The van der Waals surface area contributed by atoms with E-state index in [2.05, 4.69) is 25.2 Å². The van der Waals surface area contributed by atoms with E-state index in [1.165, 1.54) is 4.88 Å². The second-order valence-corrected chi connectivity index (χ2v) is 6.01. The number of nitrogens with one attached hydrogen (secondary N) is 1. The summed E-state index contributed by atoms with van der Waals surface area (Å²) in [6.07, 6.45) is 0. The van der Waals surface area contributed by atoms with Crippen molar-refractivity contribution in [2.75, 3.05) is 13.6 Å². The molecule has 0 spiro atoms.